The van der Waals surface area contributed by atoms with Crippen molar-refractivity contribution in [2.24, 2.45) is 0 Å². The van der Waals surface area contributed by atoms with Crippen LogP contribution in [0.4, 0.5) is 0 Å². The first kappa shape index (κ1) is 8.02. The molecule has 0 saturated heterocycles. The summed E-state index contributed by atoms with van der Waals surface area (Å²) in [4.78, 5) is 10.4. The van der Waals surface area contributed by atoms with E-state index in [9.17, 15) is 4.79 Å². The molecule has 0 aliphatic heterocycles. The SMILES string of the molecule is CC(=O)[C@H](CO)NP. The molecule has 48 valence electrons. The minimum atomic E-state index is -0.417. The third-order valence-electron chi connectivity index (χ3n) is 0.874. The van der Waals surface area contributed by atoms with E-state index < -0.39 is 6.04 Å². The third kappa shape index (κ3) is 2.36. The summed E-state index contributed by atoms with van der Waals surface area (Å²) in [6, 6.07) is -0.417. The standard InChI is InChI=1S/C4H10NO2P/c1-3(7)4(2-6)5-8/h4-6H,2,8H2,1H3/t4-/m0/s1. The van der Waals surface area contributed by atoms with Gasteiger partial charge in [0.1, 0.15) is 5.78 Å². The lowest BCUT2D eigenvalue weighted by molar-refractivity contribution is -0.119. The number of nitrogens with one attached hydrogen (secondary N) is 1. The summed E-state index contributed by atoms with van der Waals surface area (Å²) in [6.07, 6.45) is 0. The zero-order valence-electron chi connectivity index (χ0n) is 4.72. The molecular weight excluding hydrogens is 125 g/mol. The van der Waals surface area contributed by atoms with Crippen LogP contribution >= 0.6 is 9.39 Å². The van der Waals surface area contributed by atoms with Gasteiger partial charge in [0.05, 0.1) is 12.6 Å². The van der Waals surface area contributed by atoms with E-state index in [1.807, 2.05) is 0 Å². The van der Waals surface area contributed by atoms with E-state index in [-0.39, 0.29) is 12.4 Å². The van der Waals surface area contributed by atoms with Gasteiger partial charge in [0, 0.05) is 0 Å². The Kier molecular flexibility index (Phi) is 3.97. The van der Waals surface area contributed by atoms with Gasteiger partial charge in [0.15, 0.2) is 0 Å². The van der Waals surface area contributed by atoms with Crippen molar-refractivity contribution >= 4 is 15.2 Å². The van der Waals surface area contributed by atoms with Gasteiger partial charge in [-0.1, -0.05) is 9.39 Å². The lowest BCUT2D eigenvalue weighted by Gasteiger charge is -2.05. The van der Waals surface area contributed by atoms with Crippen molar-refractivity contribution in [3.63, 3.8) is 0 Å². The normalized spacial score (nSPS) is 13.4. The smallest absolute Gasteiger partial charge is 0.149 e. The number of Topliss-reactive ketones (excluding diaryl/α,β-unsaturated/α-hetero) is 1. The molecular formula is C4H10NO2P. The fourth-order valence-corrected chi connectivity index (χ4v) is 0.639. The molecule has 0 spiro atoms. The average molecular weight is 135 g/mol. The highest BCUT2D eigenvalue weighted by Gasteiger charge is 2.07. The Morgan fingerprint density at radius 1 is 2.00 bits per heavy atom. The highest BCUT2D eigenvalue weighted by Crippen LogP contribution is 1.85. The average Bonchev–Trinajstić information content (AvgIpc) is 1.69. The monoisotopic (exact) mass is 135 g/mol. The molecule has 4 heteroatoms. The molecule has 0 aromatic rings. The van der Waals surface area contributed by atoms with Crippen molar-refractivity contribution < 1.29 is 9.90 Å². The largest absolute Gasteiger partial charge is 0.394 e. The number of carbonyl (C=O) groups excluding carboxylic acids is 1. The molecule has 3 nitrogen and oxygen atoms in total. The number of aliphatic hydroxyl groups excluding tert-OH is 1. The molecule has 8 heavy (non-hydrogen) atoms. The molecule has 0 rings (SSSR count). The van der Waals surface area contributed by atoms with Gasteiger partial charge < -0.3 is 5.11 Å². The van der Waals surface area contributed by atoms with E-state index in [0.29, 0.717) is 0 Å². The van der Waals surface area contributed by atoms with Crippen LogP contribution in [-0.2, 0) is 4.79 Å². The predicted molar refractivity (Wildman–Crippen MR) is 34.4 cm³/mol. The fraction of sp³-hybridized carbons (Fsp3) is 0.750. The maximum atomic E-state index is 10.4. The van der Waals surface area contributed by atoms with Gasteiger partial charge in [0.2, 0.25) is 0 Å². The van der Waals surface area contributed by atoms with Crippen LogP contribution in [-0.4, -0.2) is 23.5 Å². The molecule has 0 aliphatic carbocycles. The maximum Gasteiger partial charge on any atom is 0.149 e. The molecule has 0 saturated carbocycles. The van der Waals surface area contributed by atoms with Crippen molar-refractivity contribution in [3.8, 4) is 0 Å². The van der Waals surface area contributed by atoms with Gasteiger partial charge >= 0.3 is 0 Å². The Labute approximate surface area is 50.7 Å². The Balaban J connectivity index is 3.52. The topological polar surface area (TPSA) is 49.3 Å². The van der Waals surface area contributed by atoms with Crippen LogP contribution in [0, 0.1) is 0 Å². The van der Waals surface area contributed by atoms with E-state index in [4.69, 9.17) is 5.11 Å². The van der Waals surface area contributed by atoms with Crippen LogP contribution in [0.1, 0.15) is 6.92 Å². The first-order valence-corrected chi connectivity index (χ1v) is 2.87. The summed E-state index contributed by atoms with van der Waals surface area (Å²) in [5.41, 5.74) is 0. The summed E-state index contributed by atoms with van der Waals surface area (Å²) < 4.78 is 0. The second kappa shape index (κ2) is 3.96. The Hall–Kier alpha value is 0.0200. The maximum absolute atomic E-state index is 10.4. The molecule has 0 radical (unpaired) electrons. The van der Waals surface area contributed by atoms with Gasteiger partial charge in [0.25, 0.3) is 0 Å². The Morgan fingerprint density at radius 3 is 2.50 bits per heavy atom. The lowest BCUT2D eigenvalue weighted by atomic mass is 10.2. The number of carbonyl (C=O) groups is 1. The molecule has 0 fully saturated rings. The Bertz CT molecular complexity index is 82.1. The van der Waals surface area contributed by atoms with Gasteiger partial charge in [-0.15, -0.1) is 0 Å². The van der Waals surface area contributed by atoms with Crippen LogP contribution < -0.4 is 5.09 Å². The third-order valence-corrected chi connectivity index (χ3v) is 1.28. The zero-order chi connectivity index (χ0) is 6.57. The van der Waals surface area contributed by atoms with Crippen LogP contribution in [0.5, 0.6) is 0 Å². The van der Waals surface area contributed by atoms with Crippen molar-refractivity contribution in [1.29, 1.82) is 0 Å². The van der Waals surface area contributed by atoms with Crippen LogP contribution in [0.2, 0.25) is 0 Å². The highest BCUT2D eigenvalue weighted by molar-refractivity contribution is 7.13. The van der Waals surface area contributed by atoms with Gasteiger partial charge in [-0.25, -0.2) is 0 Å². The fourth-order valence-electron chi connectivity index (χ4n) is 0.299. The second-order valence-electron chi connectivity index (χ2n) is 1.51. The molecule has 0 aromatic carbocycles. The van der Waals surface area contributed by atoms with Crippen LogP contribution in [0.15, 0.2) is 0 Å². The first-order chi connectivity index (χ1) is 3.72. The number of ketones is 1. The molecule has 0 aromatic heterocycles. The number of rotatable bonds is 3. The zero-order valence-corrected chi connectivity index (χ0v) is 5.87. The molecule has 2 atom stereocenters. The van der Waals surface area contributed by atoms with E-state index >= 15 is 0 Å². The summed E-state index contributed by atoms with van der Waals surface area (Å²) in [5.74, 6) is -0.0532. The minimum absolute atomic E-state index is 0.0532. The van der Waals surface area contributed by atoms with Gasteiger partial charge in [-0.05, 0) is 6.92 Å². The van der Waals surface area contributed by atoms with Crippen molar-refractivity contribution in [2.75, 3.05) is 6.61 Å². The first-order valence-electron chi connectivity index (χ1n) is 2.29. The summed E-state index contributed by atoms with van der Waals surface area (Å²) in [7, 11) is 2.18. The second-order valence-corrected chi connectivity index (χ2v) is 1.85. The van der Waals surface area contributed by atoms with Gasteiger partial charge in [-0.3, -0.25) is 9.88 Å². The molecule has 2 N–H and O–H groups in total. The molecule has 0 bridgehead atoms. The molecule has 0 amide bonds. The number of hydrogen-bond donors (Lipinski definition) is 2. The van der Waals surface area contributed by atoms with E-state index in [1.54, 1.807) is 0 Å². The van der Waals surface area contributed by atoms with Crippen LogP contribution in [0.25, 0.3) is 0 Å². The van der Waals surface area contributed by atoms with Gasteiger partial charge in [-0.2, -0.15) is 0 Å². The van der Waals surface area contributed by atoms with Crippen molar-refractivity contribution in [3.05, 3.63) is 0 Å². The molecule has 0 heterocycles. The minimum Gasteiger partial charge on any atom is -0.394 e. The highest BCUT2D eigenvalue weighted by atomic mass is 31.0. The van der Waals surface area contributed by atoms with Crippen molar-refractivity contribution in [2.45, 2.75) is 13.0 Å². The van der Waals surface area contributed by atoms with E-state index in [2.05, 4.69) is 14.5 Å². The van der Waals surface area contributed by atoms with Crippen molar-refractivity contribution in [1.82, 2.24) is 5.09 Å². The van der Waals surface area contributed by atoms with Crippen LogP contribution in [0.3, 0.4) is 0 Å². The molecule has 0 aliphatic rings. The summed E-state index contributed by atoms with van der Waals surface area (Å²) in [5, 5.41) is 11.0. The molecule has 1 unspecified atom stereocenters. The summed E-state index contributed by atoms with van der Waals surface area (Å²) in [6.45, 7) is 1.29. The predicted octanol–water partition coefficient (Wildman–Crippen LogP) is -0.684. The number of hydrogen-bond acceptors (Lipinski definition) is 3. The van der Waals surface area contributed by atoms with E-state index in [1.165, 1.54) is 6.92 Å². The quantitative estimate of drug-likeness (QED) is 0.504. The Morgan fingerprint density at radius 2 is 2.50 bits per heavy atom. The van der Waals surface area contributed by atoms with E-state index in [0.717, 1.165) is 0 Å². The summed E-state index contributed by atoms with van der Waals surface area (Å²) >= 11 is 0. The lowest BCUT2D eigenvalue weighted by Crippen LogP contribution is -2.31. The number of aliphatic hydroxyl groups is 1.